The van der Waals surface area contributed by atoms with Crippen LogP contribution >= 0.6 is 0 Å². The molecule has 3 heteroatoms. The lowest BCUT2D eigenvalue weighted by Crippen LogP contribution is -2.34. The van der Waals surface area contributed by atoms with Crippen LogP contribution in [-0.4, -0.2) is 33.4 Å². The van der Waals surface area contributed by atoms with Gasteiger partial charge < -0.3 is 14.8 Å². The number of nitrogens with one attached hydrogen (secondary N) is 1. The van der Waals surface area contributed by atoms with Gasteiger partial charge in [-0.1, -0.05) is 19.1 Å². The average molecular weight is 223 g/mol. The van der Waals surface area contributed by atoms with Gasteiger partial charge >= 0.3 is 0 Å². The molecule has 0 saturated carbocycles. The Morgan fingerprint density at radius 3 is 2.75 bits per heavy atom. The lowest BCUT2D eigenvalue weighted by Gasteiger charge is -2.17. The van der Waals surface area contributed by atoms with Crippen LogP contribution in [0.1, 0.15) is 12.5 Å². The van der Waals surface area contributed by atoms with Gasteiger partial charge in [-0.25, -0.2) is 0 Å². The Balaban J connectivity index is 2.60. The SMILES string of the molecule is CCNC(COC)Cc1cccc(OC)c1. The summed E-state index contributed by atoms with van der Waals surface area (Å²) in [4.78, 5) is 0. The molecule has 0 aliphatic carbocycles. The summed E-state index contributed by atoms with van der Waals surface area (Å²) < 4.78 is 10.4. The van der Waals surface area contributed by atoms with Crippen molar-refractivity contribution in [3.8, 4) is 5.75 Å². The number of likely N-dealkylation sites (N-methyl/N-ethyl adjacent to an activating group) is 1. The Labute approximate surface area is 97.8 Å². The molecule has 0 fully saturated rings. The van der Waals surface area contributed by atoms with Crippen molar-refractivity contribution in [2.45, 2.75) is 19.4 Å². The zero-order valence-electron chi connectivity index (χ0n) is 10.3. The molecule has 0 saturated heterocycles. The maximum absolute atomic E-state index is 5.20. The summed E-state index contributed by atoms with van der Waals surface area (Å²) in [6, 6.07) is 8.52. The van der Waals surface area contributed by atoms with Crippen molar-refractivity contribution in [2.75, 3.05) is 27.4 Å². The lowest BCUT2D eigenvalue weighted by atomic mass is 10.1. The molecule has 90 valence electrons. The second-order valence-corrected chi connectivity index (χ2v) is 3.77. The molecule has 1 atom stereocenters. The molecule has 0 heterocycles. The third-order valence-electron chi connectivity index (χ3n) is 2.48. The summed E-state index contributed by atoms with van der Waals surface area (Å²) in [6.45, 7) is 3.79. The van der Waals surface area contributed by atoms with Crippen LogP contribution in [0.15, 0.2) is 24.3 Å². The highest BCUT2D eigenvalue weighted by molar-refractivity contribution is 5.28. The van der Waals surface area contributed by atoms with Gasteiger partial charge in [0.2, 0.25) is 0 Å². The van der Waals surface area contributed by atoms with Gasteiger partial charge in [-0.05, 0) is 30.7 Å². The normalized spacial score (nSPS) is 12.4. The van der Waals surface area contributed by atoms with Gasteiger partial charge in [0, 0.05) is 13.2 Å². The van der Waals surface area contributed by atoms with Crippen LogP contribution < -0.4 is 10.1 Å². The summed E-state index contributed by atoms with van der Waals surface area (Å²) in [7, 11) is 3.42. The standard InChI is InChI=1S/C13H21NO2/c1-4-14-12(10-15-2)8-11-6-5-7-13(9-11)16-3/h5-7,9,12,14H,4,8,10H2,1-3H3. The van der Waals surface area contributed by atoms with Crippen LogP contribution in [0.5, 0.6) is 5.75 Å². The van der Waals surface area contributed by atoms with E-state index in [1.54, 1.807) is 14.2 Å². The second kappa shape index (κ2) is 7.25. The number of ether oxygens (including phenoxy) is 2. The average Bonchev–Trinajstić information content (AvgIpc) is 2.30. The Kier molecular flexibility index (Phi) is 5.90. The van der Waals surface area contributed by atoms with Crippen molar-refractivity contribution in [3.05, 3.63) is 29.8 Å². The van der Waals surface area contributed by atoms with E-state index in [2.05, 4.69) is 24.4 Å². The van der Waals surface area contributed by atoms with Crippen molar-refractivity contribution in [1.29, 1.82) is 0 Å². The molecule has 1 unspecified atom stereocenters. The maximum atomic E-state index is 5.20. The van der Waals surface area contributed by atoms with E-state index in [1.165, 1.54) is 5.56 Å². The van der Waals surface area contributed by atoms with Crippen molar-refractivity contribution >= 4 is 0 Å². The number of hydrogen-bond acceptors (Lipinski definition) is 3. The van der Waals surface area contributed by atoms with E-state index in [9.17, 15) is 0 Å². The van der Waals surface area contributed by atoms with E-state index in [0.717, 1.165) is 25.3 Å². The first-order chi connectivity index (χ1) is 7.80. The molecule has 0 spiro atoms. The fourth-order valence-electron chi connectivity index (χ4n) is 1.76. The molecule has 0 amide bonds. The minimum Gasteiger partial charge on any atom is -0.497 e. The van der Waals surface area contributed by atoms with E-state index < -0.39 is 0 Å². The summed E-state index contributed by atoms with van der Waals surface area (Å²) in [5.74, 6) is 0.908. The van der Waals surface area contributed by atoms with Gasteiger partial charge in [0.15, 0.2) is 0 Å². The van der Waals surface area contributed by atoms with E-state index in [1.807, 2.05) is 12.1 Å². The molecular formula is C13H21NO2. The maximum Gasteiger partial charge on any atom is 0.119 e. The molecule has 16 heavy (non-hydrogen) atoms. The third kappa shape index (κ3) is 4.21. The number of methoxy groups -OCH3 is 2. The molecule has 1 aromatic rings. The molecule has 1 N–H and O–H groups in total. The van der Waals surface area contributed by atoms with E-state index in [0.29, 0.717) is 6.04 Å². The largest absolute Gasteiger partial charge is 0.497 e. The molecule has 1 rings (SSSR count). The first-order valence-corrected chi connectivity index (χ1v) is 5.65. The van der Waals surface area contributed by atoms with Crippen LogP contribution in [0, 0.1) is 0 Å². The molecule has 0 radical (unpaired) electrons. The molecule has 0 aromatic heterocycles. The Morgan fingerprint density at radius 1 is 1.31 bits per heavy atom. The second-order valence-electron chi connectivity index (χ2n) is 3.77. The highest BCUT2D eigenvalue weighted by Crippen LogP contribution is 2.14. The van der Waals surface area contributed by atoms with Crippen LogP contribution in [0.2, 0.25) is 0 Å². The molecule has 3 nitrogen and oxygen atoms in total. The fraction of sp³-hybridized carbons (Fsp3) is 0.538. The van der Waals surface area contributed by atoms with Crippen LogP contribution in [0.25, 0.3) is 0 Å². The molecule has 0 aliphatic heterocycles. The van der Waals surface area contributed by atoms with Gasteiger partial charge in [-0.2, -0.15) is 0 Å². The number of benzene rings is 1. The van der Waals surface area contributed by atoms with Crippen molar-refractivity contribution < 1.29 is 9.47 Å². The van der Waals surface area contributed by atoms with E-state index in [-0.39, 0.29) is 0 Å². The first kappa shape index (κ1) is 13.0. The highest BCUT2D eigenvalue weighted by atomic mass is 16.5. The summed E-state index contributed by atoms with van der Waals surface area (Å²) in [5, 5.41) is 3.40. The summed E-state index contributed by atoms with van der Waals surface area (Å²) in [6.07, 6.45) is 0.957. The zero-order valence-corrected chi connectivity index (χ0v) is 10.3. The summed E-state index contributed by atoms with van der Waals surface area (Å²) >= 11 is 0. The Morgan fingerprint density at radius 2 is 2.12 bits per heavy atom. The number of hydrogen-bond donors (Lipinski definition) is 1. The van der Waals surface area contributed by atoms with Crippen LogP contribution in [0.4, 0.5) is 0 Å². The van der Waals surface area contributed by atoms with Gasteiger partial charge in [-0.15, -0.1) is 0 Å². The first-order valence-electron chi connectivity index (χ1n) is 5.65. The smallest absolute Gasteiger partial charge is 0.119 e. The zero-order chi connectivity index (χ0) is 11.8. The number of rotatable bonds is 7. The summed E-state index contributed by atoms with van der Waals surface area (Å²) in [5.41, 5.74) is 1.27. The Hall–Kier alpha value is -1.06. The predicted molar refractivity (Wildman–Crippen MR) is 66.0 cm³/mol. The molecule has 0 aliphatic rings. The van der Waals surface area contributed by atoms with Crippen molar-refractivity contribution in [3.63, 3.8) is 0 Å². The predicted octanol–water partition coefficient (Wildman–Crippen LogP) is 1.86. The topological polar surface area (TPSA) is 30.5 Å². The molecule has 1 aromatic carbocycles. The monoisotopic (exact) mass is 223 g/mol. The molecular weight excluding hydrogens is 202 g/mol. The van der Waals surface area contributed by atoms with Gasteiger partial charge in [0.25, 0.3) is 0 Å². The van der Waals surface area contributed by atoms with Crippen molar-refractivity contribution in [1.82, 2.24) is 5.32 Å². The minimum atomic E-state index is 0.363. The van der Waals surface area contributed by atoms with E-state index >= 15 is 0 Å². The highest BCUT2D eigenvalue weighted by Gasteiger charge is 2.08. The molecule has 0 bridgehead atoms. The Bertz CT molecular complexity index is 296. The fourth-order valence-corrected chi connectivity index (χ4v) is 1.76. The quantitative estimate of drug-likeness (QED) is 0.765. The van der Waals surface area contributed by atoms with Gasteiger partial charge in [-0.3, -0.25) is 0 Å². The minimum absolute atomic E-state index is 0.363. The van der Waals surface area contributed by atoms with Crippen LogP contribution in [-0.2, 0) is 11.2 Å². The van der Waals surface area contributed by atoms with Crippen molar-refractivity contribution in [2.24, 2.45) is 0 Å². The van der Waals surface area contributed by atoms with Crippen LogP contribution in [0.3, 0.4) is 0 Å². The van der Waals surface area contributed by atoms with Gasteiger partial charge in [0.05, 0.1) is 13.7 Å². The lowest BCUT2D eigenvalue weighted by molar-refractivity contribution is 0.167. The van der Waals surface area contributed by atoms with Gasteiger partial charge in [0.1, 0.15) is 5.75 Å². The van der Waals surface area contributed by atoms with E-state index in [4.69, 9.17) is 9.47 Å². The third-order valence-corrected chi connectivity index (χ3v) is 2.48.